The molecule has 5 heteroatoms. The van der Waals surface area contributed by atoms with Gasteiger partial charge in [-0.2, -0.15) is 5.26 Å². The van der Waals surface area contributed by atoms with E-state index in [1.807, 2.05) is 0 Å². The molecule has 0 spiro atoms. The molecule has 0 aliphatic heterocycles. The normalized spacial score (nSPS) is 11.4. The maximum absolute atomic E-state index is 12.2. The summed E-state index contributed by atoms with van der Waals surface area (Å²) in [4.78, 5) is 11.5. The van der Waals surface area contributed by atoms with Crippen molar-refractivity contribution in [2.75, 3.05) is 5.32 Å². The average molecular weight is 234 g/mol. The Hall–Kier alpha value is -2.35. The third-order valence-corrected chi connectivity index (χ3v) is 2.07. The van der Waals surface area contributed by atoms with E-state index in [1.54, 1.807) is 6.07 Å². The Morgan fingerprint density at radius 3 is 2.47 bits per heavy atom. The Bertz CT molecular complexity index is 482. The van der Waals surface area contributed by atoms with Gasteiger partial charge >= 0.3 is 0 Å². The molecule has 1 rings (SSSR count). The van der Waals surface area contributed by atoms with E-state index in [9.17, 15) is 9.18 Å². The number of amides is 1. The van der Waals surface area contributed by atoms with Crippen LogP contribution in [0.5, 0.6) is 0 Å². The van der Waals surface area contributed by atoms with E-state index >= 15 is 0 Å². The number of halogens is 1. The summed E-state index contributed by atoms with van der Waals surface area (Å²) >= 11 is 0. The zero-order chi connectivity index (χ0) is 12.8. The standard InChI is InChI=1S/C12H11FN2O2/c1-8(16)11(7-14)12(17)15-10-4-2-9(6-13)3-5-10/h2-5,16H,6H2,1H3,(H,15,17)/b11-8-. The fraction of sp³-hybridized carbons (Fsp3) is 0.167. The second-order valence-corrected chi connectivity index (χ2v) is 3.36. The maximum Gasteiger partial charge on any atom is 0.269 e. The van der Waals surface area contributed by atoms with Crippen molar-refractivity contribution in [3.63, 3.8) is 0 Å². The van der Waals surface area contributed by atoms with Crippen LogP contribution in [-0.4, -0.2) is 11.0 Å². The van der Waals surface area contributed by atoms with E-state index in [2.05, 4.69) is 5.32 Å². The van der Waals surface area contributed by atoms with E-state index in [1.165, 1.54) is 31.2 Å². The molecular formula is C12H11FN2O2. The van der Waals surface area contributed by atoms with Crippen molar-refractivity contribution < 1.29 is 14.3 Å². The van der Waals surface area contributed by atoms with Gasteiger partial charge in [-0.25, -0.2) is 4.39 Å². The molecule has 1 aromatic carbocycles. The van der Waals surface area contributed by atoms with E-state index in [0.29, 0.717) is 11.3 Å². The van der Waals surface area contributed by atoms with Crippen molar-refractivity contribution in [3.05, 3.63) is 41.2 Å². The molecule has 0 saturated carbocycles. The van der Waals surface area contributed by atoms with E-state index in [-0.39, 0.29) is 11.3 Å². The van der Waals surface area contributed by atoms with Crippen molar-refractivity contribution in [1.82, 2.24) is 0 Å². The monoisotopic (exact) mass is 234 g/mol. The summed E-state index contributed by atoms with van der Waals surface area (Å²) in [7, 11) is 0. The van der Waals surface area contributed by atoms with Gasteiger partial charge < -0.3 is 10.4 Å². The predicted molar refractivity (Wildman–Crippen MR) is 60.8 cm³/mol. The number of hydrogen-bond acceptors (Lipinski definition) is 3. The molecule has 0 atom stereocenters. The summed E-state index contributed by atoms with van der Waals surface area (Å²) in [5, 5.41) is 20.2. The van der Waals surface area contributed by atoms with Crippen LogP contribution in [0.4, 0.5) is 10.1 Å². The Morgan fingerprint density at radius 1 is 1.47 bits per heavy atom. The third kappa shape index (κ3) is 3.31. The van der Waals surface area contributed by atoms with Crippen LogP contribution in [0, 0.1) is 11.3 Å². The fourth-order valence-corrected chi connectivity index (χ4v) is 1.17. The van der Waals surface area contributed by atoms with E-state index < -0.39 is 12.6 Å². The molecule has 0 saturated heterocycles. The number of anilines is 1. The number of allylic oxidation sites excluding steroid dienone is 1. The zero-order valence-corrected chi connectivity index (χ0v) is 9.20. The molecular weight excluding hydrogens is 223 g/mol. The Kier molecular flexibility index (Phi) is 4.23. The molecule has 17 heavy (non-hydrogen) atoms. The Morgan fingerprint density at radius 2 is 2.06 bits per heavy atom. The summed E-state index contributed by atoms with van der Waals surface area (Å²) in [5.41, 5.74) is 0.582. The smallest absolute Gasteiger partial charge is 0.269 e. The van der Waals surface area contributed by atoms with Crippen LogP contribution in [0.1, 0.15) is 12.5 Å². The summed E-state index contributed by atoms with van der Waals surface area (Å²) in [6.45, 7) is 0.678. The van der Waals surface area contributed by atoms with E-state index in [4.69, 9.17) is 10.4 Å². The number of nitrogens with one attached hydrogen (secondary N) is 1. The number of alkyl halides is 1. The van der Waals surface area contributed by atoms with Crippen LogP contribution in [0.2, 0.25) is 0 Å². The Labute approximate surface area is 98.0 Å². The molecule has 0 fully saturated rings. The fourth-order valence-electron chi connectivity index (χ4n) is 1.17. The molecule has 2 N–H and O–H groups in total. The van der Waals surface area contributed by atoms with Crippen molar-refractivity contribution >= 4 is 11.6 Å². The number of carbonyl (C=O) groups is 1. The van der Waals surface area contributed by atoms with Gasteiger partial charge in [0.05, 0.1) is 0 Å². The largest absolute Gasteiger partial charge is 0.511 e. The van der Waals surface area contributed by atoms with Crippen LogP contribution in [0.3, 0.4) is 0 Å². The number of aliphatic hydroxyl groups is 1. The minimum Gasteiger partial charge on any atom is -0.511 e. The molecule has 0 radical (unpaired) electrons. The first kappa shape index (κ1) is 12.7. The third-order valence-electron chi connectivity index (χ3n) is 2.07. The summed E-state index contributed by atoms with van der Waals surface area (Å²) in [6.07, 6.45) is 0. The number of hydrogen-bond donors (Lipinski definition) is 2. The molecule has 0 heterocycles. The molecule has 0 aliphatic rings. The minimum absolute atomic E-state index is 0.342. The van der Waals surface area contributed by atoms with Crippen LogP contribution in [0.15, 0.2) is 35.6 Å². The van der Waals surface area contributed by atoms with Gasteiger partial charge in [-0.05, 0) is 24.6 Å². The number of nitriles is 1. The average Bonchev–Trinajstić information content (AvgIpc) is 2.30. The lowest BCUT2D eigenvalue weighted by Gasteiger charge is -2.05. The van der Waals surface area contributed by atoms with Crippen molar-refractivity contribution in [1.29, 1.82) is 5.26 Å². The number of benzene rings is 1. The molecule has 4 nitrogen and oxygen atoms in total. The first-order valence-corrected chi connectivity index (χ1v) is 4.84. The van der Waals surface area contributed by atoms with Gasteiger partial charge in [-0.15, -0.1) is 0 Å². The lowest BCUT2D eigenvalue weighted by molar-refractivity contribution is -0.112. The van der Waals surface area contributed by atoms with Crippen molar-refractivity contribution in [2.24, 2.45) is 0 Å². The summed E-state index contributed by atoms with van der Waals surface area (Å²) in [5.74, 6) is -1.04. The molecule has 0 unspecified atom stereocenters. The van der Waals surface area contributed by atoms with Gasteiger partial charge in [0.15, 0.2) is 5.57 Å². The van der Waals surface area contributed by atoms with Gasteiger partial charge in [0.2, 0.25) is 0 Å². The van der Waals surface area contributed by atoms with Crippen LogP contribution in [-0.2, 0) is 11.5 Å². The lowest BCUT2D eigenvalue weighted by Crippen LogP contribution is -2.14. The van der Waals surface area contributed by atoms with E-state index in [0.717, 1.165) is 0 Å². The molecule has 0 bridgehead atoms. The molecule has 0 aliphatic carbocycles. The van der Waals surface area contributed by atoms with Crippen LogP contribution in [0.25, 0.3) is 0 Å². The first-order chi connectivity index (χ1) is 8.08. The predicted octanol–water partition coefficient (Wildman–Crippen LogP) is 2.45. The summed E-state index contributed by atoms with van der Waals surface area (Å²) < 4.78 is 12.2. The second kappa shape index (κ2) is 5.66. The minimum atomic E-state index is -0.694. The number of nitrogens with zero attached hydrogens (tertiary/aromatic N) is 1. The highest BCUT2D eigenvalue weighted by Gasteiger charge is 2.12. The van der Waals surface area contributed by atoms with Crippen molar-refractivity contribution in [2.45, 2.75) is 13.6 Å². The molecule has 88 valence electrons. The lowest BCUT2D eigenvalue weighted by atomic mass is 10.2. The molecule has 1 aromatic rings. The number of aliphatic hydroxyl groups excluding tert-OH is 1. The summed E-state index contributed by atoms with van der Waals surface area (Å²) in [6, 6.07) is 7.70. The first-order valence-electron chi connectivity index (χ1n) is 4.84. The second-order valence-electron chi connectivity index (χ2n) is 3.36. The van der Waals surface area contributed by atoms with Gasteiger partial charge in [-0.1, -0.05) is 12.1 Å². The van der Waals surface area contributed by atoms with Gasteiger partial charge in [0, 0.05) is 5.69 Å². The van der Waals surface area contributed by atoms with Crippen LogP contribution < -0.4 is 5.32 Å². The topological polar surface area (TPSA) is 73.1 Å². The van der Waals surface area contributed by atoms with Crippen LogP contribution >= 0.6 is 0 Å². The number of carbonyl (C=O) groups excluding carboxylic acids is 1. The highest BCUT2D eigenvalue weighted by molar-refractivity contribution is 6.06. The maximum atomic E-state index is 12.2. The molecule has 0 aromatic heterocycles. The zero-order valence-electron chi connectivity index (χ0n) is 9.20. The van der Waals surface area contributed by atoms with Gasteiger partial charge in [0.1, 0.15) is 18.5 Å². The quantitative estimate of drug-likeness (QED) is 0.479. The Balaban J connectivity index is 2.82. The number of rotatable bonds is 3. The highest BCUT2D eigenvalue weighted by Crippen LogP contribution is 2.12. The molecule has 1 amide bonds. The SMILES string of the molecule is C/C(O)=C(\C#N)C(=O)Nc1ccc(CF)cc1. The van der Waals surface area contributed by atoms with Crippen molar-refractivity contribution in [3.8, 4) is 6.07 Å². The van der Waals surface area contributed by atoms with Gasteiger partial charge in [0.25, 0.3) is 5.91 Å². The van der Waals surface area contributed by atoms with Gasteiger partial charge in [-0.3, -0.25) is 4.79 Å². The highest BCUT2D eigenvalue weighted by atomic mass is 19.1.